The first-order valence-electron chi connectivity index (χ1n) is 5.31. The van der Waals surface area contributed by atoms with Crippen molar-refractivity contribution in [3.63, 3.8) is 0 Å². The van der Waals surface area contributed by atoms with Crippen LogP contribution in [-0.2, 0) is 12.8 Å². The van der Waals surface area contributed by atoms with Crippen LogP contribution in [-0.4, -0.2) is 6.54 Å². The molecule has 0 saturated carbocycles. The van der Waals surface area contributed by atoms with Crippen LogP contribution < -0.4 is 11.5 Å². The van der Waals surface area contributed by atoms with Gasteiger partial charge in [-0.25, -0.2) is 0 Å². The van der Waals surface area contributed by atoms with E-state index in [4.69, 9.17) is 11.5 Å². The van der Waals surface area contributed by atoms with Crippen LogP contribution in [0, 0.1) is 6.92 Å². The van der Waals surface area contributed by atoms with E-state index >= 15 is 0 Å². The fraction of sp³-hybridized carbons (Fsp3) is 0.500. The number of rotatable bonds is 2. The maximum absolute atomic E-state index is 5.96. The first kappa shape index (κ1) is 9.69. The van der Waals surface area contributed by atoms with E-state index in [0.29, 0.717) is 6.54 Å². The van der Waals surface area contributed by atoms with E-state index in [9.17, 15) is 0 Å². The van der Waals surface area contributed by atoms with Crippen LogP contribution in [0.5, 0.6) is 0 Å². The quantitative estimate of drug-likeness (QED) is 0.741. The Bertz CT molecular complexity index is 344. The molecule has 2 heteroatoms. The predicted molar refractivity (Wildman–Crippen MR) is 59.2 cm³/mol. The van der Waals surface area contributed by atoms with Gasteiger partial charge >= 0.3 is 0 Å². The number of nitrogens with two attached hydrogens (primary N) is 2. The zero-order chi connectivity index (χ0) is 10.1. The van der Waals surface area contributed by atoms with Crippen molar-refractivity contribution in [3.05, 3.63) is 34.4 Å². The molecule has 0 radical (unpaired) electrons. The lowest BCUT2D eigenvalue weighted by Crippen LogP contribution is -2.22. The molecule has 0 aliphatic heterocycles. The first-order valence-corrected chi connectivity index (χ1v) is 5.31. The molecule has 76 valence electrons. The molecule has 0 bridgehead atoms. The predicted octanol–water partition coefficient (Wildman–Crippen LogP) is 1.44. The molecule has 1 atom stereocenters. The van der Waals surface area contributed by atoms with Gasteiger partial charge in [0.1, 0.15) is 0 Å². The van der Waals surface area contributed by atoms with Crippen LogP contribution in [0.4, 0.5) is 0 Å². The van der Waals surface area contributed by atoms with Crippen LogP contribution in [0.1, 0.15) is 34.7 Å². The minimum atomic E-state index is 0.000833. The van der Waals surface area contributed by atoms with Crippen molar-refractivity contribution in [2.45, 2.75) is 32.2 Å². The summed E-state index contributed by atoms with van der Waals surface area (Å²) in [6.07, 6.45) is 3.73. The van der Waals surface area contributed by atoms with E-state index in [1.165, 1.54) is 41.5 Å². The van der Waals surface area contributed by atoms with E-state index in [1.807, 2.05) is 0 Å². The molecular weight excluding hydrogens is 172 g/mol. The number of benzene rings is 1. The number of aryl methyl sites for hydroxylation is 1. The van der Waals surface area contributed by atoms with Crippen molar-refractivity contribution >= 4 is 0 Å². The summed E-state index contributed by atoms with van der Waals surface area (Å²) in [6.45, 7) is 2.70. The molecule has 0 unspecified atom stereocenters. The Morgan fingerprint density at radius 2 is 2.14 bits per heavy atom. The maximum Gasteiger partial charge on any atom is 0.0422 e. The first-order chi connectivity index (χ1) is 6.74. The molecule has 0 amide bonds. The van der Waals surface area contributed by atoms with Gasteiger partial charge in [-0.1, -0.05) is 12.1 Å². The molecule has 1 aromatic rings. The van der Waals surface area contributed by atoms with Gasteiger partial charge in [-0.05, 0) is 48.4 Å². The zero-order valence-electron chi connectivity index (χ0n) is 8.72. The maximum atomic E-state index is 5.96. The van der Waals surface area contributed by atoms with E-state index in [2.05, 4.69) is 19.1 Å². The van der Waals surface area contributed by atoms with Gasteiger partial charge in [0.25, 0.3) is 0 Å². The average Bonchev–Trinajstić information content (AvgIpc) is 2.66. The molecule has 1 aliphatic carbocycles. The van der Waals surface area contributed by atoms with E-state index in [1.54, 1.807) is 0 Å². The molecule has 0 spiro atoms. The van der Waals surface area contributed by atoms with E-state index in [-0.39, 0.29) is 6.04 Å². The van der Waals surface area contributed by atoms with Gasteiger partial charge in [-0.15, -0.1) is 0 Å². The number of hydrogen-bond acceptors (Lipinski definition) is 2. The average molecular weight is 190 g/mol. The Morgan fingerprint density at radius 1 is 1.36 bits per heavy atom. The van der Waals surface area contributed by atoms with Crippen molar-refractivity contribution in [3.8, 4) is 0 Å². The smallest absolute Gasteiger partial charge is 0.0422 e. The number of hydrogen-bond donors (Lipinski definition) is 2. The van der Waals surface area contributed by atoms with Crippen molar-refractivity contribution < 1.29 is 0 Å². The fourth-order valence-electron chi connectivity index (χ4n) is 2.40. The highest BCUT2D eigenvalue weighted by Gasteiger charge is 2.17. The Morgan fingerprint density at radius 3 is 2.86 bits per heavy atom. The second-order valence-corrected chi connectivity index (χ2v) is 4.11. The summed E-state index contributed by atoms with van der Waals surface area (Å²) in [5.74, 6) is 0. The van der Waals surface area contributed by atoms with Gasteiger partial charge in [0.15, 0.2) is 0 Å². The summed E-state index contributed by atoms with van der Waals surface area (Å²) in [7, 11) is 0. The van der Waals surface area contributed by atoms with Crippen molar-refractivity contribution in [2.24, 2.45) is 11.5 Å². The molecule has 0 saturated heterocycles. The summed E-state index contributed by atoms with van der Waals surface area (Å²) >= 11 is 0. The van der Waals surface area contributed by atoms with Gasteiger partial charge in [-0.3, -0.25) is 0 Å². The second-order valence-electron chi connectivity index (χ2n) is 4.11. The summed E-state index contributed by atoms with van der Waals surface area (Å²) in [4.78, 5) is 0. The number of fused-ring (bicyclic) bond motifs is 1. The third-order valence-electron chi connectivity index (χ3n) is 3.26. The lowest BCUT2D eigenvalue weighted by Gasteiger charge is -2.15. The van der Waals surface area contributed by atoms with Gasteiger partial charge in [0, 0.05) is 12.6 Å². The molecule has 1 aromatic carbocycles. The van der Waals surface area contributed by atoms with E-state index in [0.717, 1.165) is 0 Å². The summed E-state index contributed by atoms with van der Waals surface area (Å²) in [5, 5.41) is 0. The Kier molecular flexibility index (Phi) is 2.57. The third kappa shape index (κ3) is 1.45. The SMILES string of the molecule is Cc1c([C@@H](N)CN)ccc2c1CCC2. The Hall–Kier alpha value is -0.860. The van der Waals surface area contributed by atoms with E-state index < -0.39 is 0 Å². The van der Waals surface area contributed by atoms with Gasteiger partial charge < -0.3 is 11.5 Å². The molecule has 0 heterocycles. The topological polar surface area (TPSA) is 52.0 Å². The zero-order valence-corrected chi connectivity index (χ0v) is 8.72. The highest BCUT2D eigenvalue weighted by molar-refractivity contribution is 5.44. The summed E-state index contributed by atoms with van der Waals surface area (Å²) in [6, 6.07) is 4.37. The molecule has 2 rings (SSSR count). The molecule has 4 N–H and O–H groups in total. The fourth-order valence-corrected chi connectivity index (χ4v) is 2.40. The monoisotopic (exact) mass is 190 g/mol. The van der Waals surface area contributed by atoms with Crippen LogP contribution in [0.25, 0.3) is 0 Å². The molecule has 0 aromatic heterocycles. The van der Waals surface area contributed by atoms with Crippen LogP contribution in [0.15, 0.2) is 12.1 Å². The standard InChI is InChI=1S/C12H18N2/c1-8-10-4-2-3-9(10)5-6-11(8)12(14)7-13/h5-6,12H,2-4,7,13-14H2,1H3/t12-/m0/s1. The van der Waals surface area contributed by atoms with Crippen LogP contribution in [0.2, 0.25) is 0 Å². The van der Waals surface area contributed by atoms with Gasteiger partial charge in [0.2, 0.25) is 0 Å². The Labute approximate surface area is 85.3 Å². The molecule has 1 aliphatic rings. The van der Waals surface area contributed by atoms with Crippen LogP contribution in [0.3, 0.4) is 0 Å². The minimum Gasteiger partial charge on any atom is -0.329 e. The summed E-state index contributed by atoms with van der Waals surface area (Å²) < 4.78 is 0. The molecular formula is C12H18N2. The third-order valence-corrected chi connectivity index (χ3v) is 3.26. The molecule has 14 heavy (non-hydrogen) atoms. The normalized spacial score (nSPS) is 16.8. The van der Waals surface area contributed by atoms with Gasteiger partial charge in [0.05, 0.1) is 0 Å². The molecule has 2 nitrogen and oxygen atoms in total. The van der Waals surface area contributed by atoms with Crippen molar-refractivity contribution in [2.75, 3.05) is 6.54 Å². The minimum absolute atomic E-state index is 0.000833. The van der Waals surface area contributed by atoms with Crippen LogP contribution >= 0.6 is 0 Å². The van der Waals surface area contributed by atoms with Crippen molar-refractivity contribution in [1.82, 2.24) is 0 Å². The lowest BCUT2D eigenvalue weighted by molar-refractivity contribution is 0.729. The van der Waals surface area contributed by atoms with Gasteiger partial charge in [-0.2, -0.15) is 0 Å². The Balaban J connectivity index is 2.44. The molecule has 0 fully saturated rings. The second kappa shape index (κ2) is 3.71. The largest absolute Gasteiger partial charge is 0.329 e. The van der Waals surface area contributed by atoms with Crippen molar-refractivity contribution in [1.29, 1.82) is 0 Å². The highest BCUT2D eigenvalue weighted by Crippen LogP contribution is 2.29. The lowest BCUT2D eigenvalue weighted by atomic mass is 9.95. The summed E-state index contributed by atoms with van der Waals surface area (Å²) in [5.41, 5.74) is 17.2. The highest BCUT2D eigenvalue weighted by atomic mass is 14.7.